The van der Waals surface area contributed by atoms with Crippen molar-refractivity contribution in [2.45, 2.75) is 24.4 Å². The third kappa shape index (κ3) is 3.06. The Morgan fingerprint density at radius 1 is 1.10 bits per heavy atom. The fraction of sp³-hybridized carbons (Fsp3) is 0.222. The molecule has 0 aromatic carbocycles. The highest BCUT2D eigenvalue weighted by atomic mass is 19.4. The van der Waals surface area contributed by atoms with Gasteiger partial charge in [-0.05, 0) is 18.4 Å². The summed E-state index contributed by atoms with van der Waals surface area (Å²) in [5, 5.41) is 4.36. The second kappa shape index (κ2) is 6.34. The molecule has 2 N–H and O–H groups in total. The maximum Gasteiger partial charge on any atom is 0.419 e. The molecule has 0 saturated heterocycles. The Kier molecular flexibility index (Phi) is 3.85. The van der Waals surface area contributed by atoms with Gasteiger partial charge >= 0.3 is 11.9 Å². The van der Waals surface area contributed by atoms with E-state index in [1.165, 1.54) is 10.7 Å². The molecule has 1 aliphatic rings. The minimum atomic E-state index is -4.49. The van der Waals surface area contributed by atoms with E-state index in [0.717, 1.165) is 18.0 Å². The minimum Gasteiger partial charge on any atom is -0.313 e. The predicted molar refractivity (Wildman–Crippen MR) is 96.8 cm³/mol. The number of fused-ring (bicyclic) bond motifs is 1. The first-order chi connectivity index (χ1) is 14.3. The molecule has 0 bridgehead atoms. The van der Waals surface area contributed by atoms with Crippen molar-refractivity contribution >= 4 is 5.65 Å². The number of hydrogen-bond donors (Lipinski definition) is 2. The van der Waals surface area contributed by atoms with Gasteiger partial charge in [0.15, 0.2) is 5.65 Å². The van der Waals surface area contributed by atoms with E-state index < -0.39 is 23.0 Å². The molecule has 152 valence electrons. The zero-order chi connectivity index (χ0) is 21.0. The van der Waals surface area contributed by atoms with E-state index in [-0.39, 0.29) is 17.4 Å². The standard InChI is InChI=1S/C18H12F3N7O2/c19-18(20,21)8-5-23-14(24-6-8)10-3-9(10)11-4-13(27-28-2-1-22-15(11)28)12-7-25-17(30)26-16(12)29/h1-2,4-7,9-10H,3H2,(H2,25,26,29,30)/t9-,10-/m0/s1. The molecule has 30 heavy (non-hydrogen) atoms. The van der Waals surface area contributed by atoms with Gasteiger partial charge in [-0.25, -0.2) is 24.3 Å². The predicted octanol–water partition coefficient (Wildman–Crippen LogP) is 1.85. The largest absolute Gasteiger partial charge is 0.419 e. The molecule has 5 rings (SSSR count). The van der Waals surface area contributed by atoms with Crippen molar-refractivity contribution in [3.05, 3.63) is 74.8 Å². The van der Waals surface area contributed by atoms with Crippen molar-refractivity contribution in [2.75, 3.05) is 0 Å². The number of hydrogen-bond acceptors (Lipinski definition) is 6. The van der Waals surface area contributed by atoms with Crippen LogP contribution in [-0.4, -0.2) is 34.5 Å². The normalized spacial score (nSPS) is 18.6. The van der Waals surface area contributed by atoms with Gasteiger partial charge in [0.1, 0.15) is 5.82 Å². The molecule has 12 heteroatoms. The van der Waals surface area contributed by atoms with Crippen LogP contribution in [0.15, 0.2) is 46.6 Å². The number of aromatic amines is 2. The third-order valence-electron chi connectivity index (χ3n) is 5.00. The molecular formula is C18H12F3N7O2. The van der Waals surface area contributed by atoms with Crippen LogP contribution in [0.25, 0.3) is 16.9 Å². The molecule has 0 radical (unpaired) electrons. The SMILES string of the molecule is O=c1[nH]cc(-c2cc([C@H]3C[C@@H]3c3ncc(C(F)(F)F)cn3)c3nccn3n2)c(=O)[nH]1. The summed E-state index contributed by atoms with van der Waals surface area (Å²) in [6.45, 7) is 0. The van der Waals surface area contributed by atoms with Crippen LogP contribution in [0.2, 0.25) is 0 Å². The fourth-order valence-electron chi connectivity index (χ4n) is 3.45. The Bertz CT molecular complexity index is 1370. The molecule has 0 amide bonds. The van der Waals surface area contributed by atoms with E-state index in [4.69, 9.17) is 0 Å². The molecule has 9 nitrogen and oxygen atoms in total. The van der Waals surface area contributed by atoms with Gasteiger partial charge in [-0.3, -0.25) is 9.78 Å². The summed E-state index contributed by atoms with van der Waals surface area (Å²) in [6, 6.07) is 1.69. The highest BCUT2D eigenvalue weighted by Gasteiger charge is 2.44. The number of alkyl halides is 3. The Morgan fingerprint density at radius 3 is 2.57 bits per heavy atom. The maximum absolute atomic E-state index is 12.7. The number of H-pyrrole nitrogens is 2. The molecule has 2 atom stereocenters. The quantitative estimate of drug-likeness (QED) is 0.527. The lowest BCUT2D eigenvalue weighted by molar-refractivity contribution is -0.138. The summed E-state index contributed by atoms with van der Waals surface area (Å²) in [7, 11) is 0. The van der Waals surface area contributed by atoms with Gasteiger partial charge in [-0.1, -0.05) is 0 Å². The van der Waals surface area contributed by atoms with Gasteiger partial charge in [0, 0.05) is 42.5 Å². The van der Waals surface area contributed by atoms with Crippen molar-refractivity contribution < 1.29 is 13.2 Å². The van der Waals surface area contributed by atoms with Gasteiger partial charge in [0.2, 0.25) is 0 Å². The molecular weight excluding hydrogens is 403 g/mol. The topological polar surface area (TPSA) is 122 Å². The van der Waals surface area contributed by atoms with Crippen molar-refractivity contribution in [3.63, 3.8) is 0 Å². The van der Waals surface area contributed by atoms with Crippen LogP contribution in [0.3, 0.4) is 0 Å². The summed E-state index contributed by atoms with van der Waals surface area (Å²) in [5.74, 6) is 0.0603. The highest BCUT2D eigenvalue weighted by molar-refractivity contribution is 5.63. The lowest BCUT2D eigenvalue weighted by Gasteiger charge is -2.08. The van der Waals surface area contributed by atoms with Crippen LogP contribution >= 0.6 is 0 Å². The van der Waals surface area contributed by atoms with Gasteiger partial charge in [0.25, 0.3) is 5.56 Å². The molecule has 4 aromatic heterocycles. The summed E-state index contributed by atoms with van der Waals surface area (Å²) in [4.78, 5) is 40.1. The first kappa shape index (κ1) is 18.2. The lowest BCUT2D eigenvalue weighted by atomic mass is 10.1. The van der Waals surface area contributed by atoms with Crippen LogP contribution in [0.1, 0.15) is 35.2 Å². The van der Waals surface area contributed by atoms with E-state index >= 15 is 0 Å². The van der Waals surface area contributed by atoms with Crippen molar-refractivity contribution in [1.82, 2.24) is 34.5 Å². The Balaban J connectivity index is 1.53. The monoisotopic (exact) mass is 415 g/mol. The lowest BCUT2D eigenvalue weighted by Crippen LogP contribution is -2.23. The zero-order valence-corrected chi connectivity index (χ0v) is 15.0. The molecule has 0 aliphatic heterocycles. The highest BCUT2D eigenvalue weighted by Crippen LogP contribution is 2.54. The van der Waals surface area contributed by atoms with Crippen LogP contribution in [0.5, 0.6) is 0 Å². The first-order valence-corrected chi connectivity index (χ1v) is 8.87. The Labute approximate surface area is 164 Å². The second-order valence-corrected chi connectivity index (χ2v) is 6.94. The number of halogens is 3. The van der Waals surface area contributed by atoms with Crippen molar-refractivity contribution in [1.29, 1.82) is 0 Å². The summed E-state index contributed by atoms with van der Waals surface area (Å²) in [5.41, 5.74) is -0.281. The Morgan fingerprint density at radius 2 is 1.87 bits per heavy atom. The number of aromatic nitrogens is 7. The molecule has 4 aromatic rings. The molecule has 1 fully saturated rings. The smallest absolute Gasteiger partial charge is 0.313 e. The molecule has 4 heterocycles. The zero-order valence-electron chi connectivity index (χ0n) is 15.0. The van der Waals surface area contributed by atoms with E-state index in [0.29, 0.717) is 23.6 Å². The number of nitrogens with one attached hydrogen (secondary N) is 2. The number of rotatable bonds is 3. The summed E-state index contributed by atoms with van der Waals surface area (Å²) >= 11 is 0. The van der Waals surface area contributed by atoms with Gasteiger partial charge in [0.05, 0.1) is 16.8 Å². The fourth-order valence-corrected chi connectivity index (χ4v) is 3.45. The minimum absolute atomic E-state index is 0.0878. The number of imidazole rings is 1. The Hall–Kier alpha value is -3.83. The van der Waals surface area contributed by atoms with E-state index in [2.05, 4.69) is 30.0 Å². The van der Waals surface area contributed by atoms with E-state index in [1.54, 1.807) is 18.5 Å². The van der Waals surface area contributed by atoms with Gasteiger partial charge in [-0.2, -0.15) is 18.3 Å². The summed E-state index contributed by atoms with van der Waals surface area (Å²) in [6.07, 6.45) is 2.14. The van der Waals surface area contributed by atoms with E-state index in [1.807, 2.05) is 0 Å². The van der Waals surface area contributed by atoms with Crippen molar-refractivity contribution in [2.24, 2.45) is 0 Å². The van der Waals surface area contributed by atoms with E-state index in [9.17, 15) is 22.8 Å². The van der Waals surface area contributed by atoms with Gasteiger partial charge in [-0.15, -0.1) is 0 Å². The van der Waals surface area contributed by atoms with Crippen LogP contribution in [-0.2, 0) is 6.18 Å². The van der Waals surface area contributed by atoms with Crippen molar-refractivity contribution in [3.8, 4) is 11.3 Å². The second-order valence-electron chi connectivity index (χ2n) is 6.94. The van der Waals surface area contributed by atoms with Crippen LogP contribution < -0.4 is 11.2 Å². The third-order valence-corrected chi connectivity index (χ3v) is 5.00. The van der Waals surface area contributed by atoms with Crippen LogP contribution in [0, 0.1) is 0 Å². The van der Waals surface area contributed by atoms with Gasteiger partial charge < -0.3 is 4.98 Å². The average Bonchev–Trinajstić information content (AvgIpc) is 3.35. The molecule has 1 aliphatic carbocycles. The first-order valence-electron chi connectivity index (χ1n) is 8.87. The van der Waals surface area contributed by atoms with Crippen LogP contribution in [0.4, 0.5) is 13.2 Å². The number of nitrogens with zero attached hydrogens (tertiary/aromatic N) is 5. The molecule has 0 spiro atoms. The molecule has 0 unspecified atom stereocenters. The molecule has 1 saturated carbocycles. The summed E-state index contributed by atoms with van der Waals surface area (Å²) < 4.78 is 39.7. The average molecular weight is 415 g/mol. The maximum atomic E-state index is 12.7.